The van der Waals surface area contributed by atoms with Gasteiger partial charge in [0.05, 0.1) is 12.8 Å². The molecule has 1 aromatic carbocycles. The van der Waals surface area contributed by atoms with E-state index in [1.807, 2.05) is 0 Å². The van der Waals surface area contributed by atoms with Gasteiger partial charge in [0.1, 0.15) is 5.75 Å². The first-order chi connectivity index (χ1) is 8.98. The second kappa shape index (κ2) is 5.17. The highest BCUT2D eigenvalue weighted by atomic mass is 19.4. The summed E-state index contributed by atoms with van der Waals surface area (Å²) in [5.74, 6) is 0.106. The molecule has 0 radical (unpaired) electrons. The first-order valence-corrected chi connectivity index (χ1v) is 5.35. The van der Waals surface area contributed by atoms with Gasteiger partial charge in [0.2, 0.25) is 5.88 Å². The maximum Gasteiger partial charge on any atom is 0.573 e. The number of benzene rings is 1. The highest BCUT2D eigenvalue weighted by Crippen LogP contribution is 2.27. The van der Waals surface area contributed by atoms with Gasteiger partial charge in [-0.05, 0) is 18.2 Å². The standard InChI is InChI=1S/C13H10F3NO2/c1-18-12-7-3-6-11(17-12)9-4-2-5-10(8-9)19-13(14,15)16/h2-8H,1H3. The fourth-order valence-electron chi connectivity index (χ4n) is 1.54. The molecule has 100 valence electrons. The minimum atomic E-state index is -4.71. The molecule has 0 unspecified atom stereocenters. The van der Waals surface area contributed by atoms with Crippen LogP contribution in [0.1, 0.15) is 0 Å². The lowest BCUT2D eigenvalue weighted by Crippen LogP contribution is -2.17. The van der Waals surface area contributed by atoms with Gasteiger partial charge >= 0.3 is 6.36 Å². The predicted octanol–water partition coefficient (Wildman–Crippen LogP) is 3.66. The van der Waals surface area contributed by atoms with E-state index < -0.39 is 6.36 Å². The number of halogens is 3. The highest BCUT2D eigenvalue weighted by Gasteiger charge is 2.31. The molecule has 0 bridgehead atoms. The number of alkyl halides is 3. The van der Waals surface area contributed by atoms with Crippen molar-refractivity contribution in [3.05, 3.63) is 42.5 Å². The zero-order chi connectivity index (χ0) is 13.9. The number of nitrogens with zero attached hydrogens (tertiary/aromatic N) is 1. The molecule has 1 heterocycles. The summed E-state index contributed by atoms with van der Waals surface area (Å²) in [5.41, 5.74) is 1.02. The number of aromatic nitrogens is 1. The molecule has 1 aromatic heterocycles. The molecule has 0 N–H and O–H groups in total. The average molecular weight is 269 g/mol. The van der Waals surface area contributed by atoms with Gasteiger partial charge in [-0.2, -0.15) is 0 Å². The fraction of sp³-hybridized carbons (Fsp3) is 0.154. The predicted molar refractivity (Wildman–Crippen MR) is 62.9 cm³/mol. The van der Waals surface area contributed by atoms with E-state index in [1.54, 1.807) is 24.3 Å². The van der Waals surface area contributed by atoms with E-state index in [4.69, 9.17) is 4.74 Å². The van der Waals surface area contributed by atoms with Crippen LogP contribution in [0.5, 0.6) is 11.6 Å². The summed E-state index contributed by atoms with van der Waals surface area (Å²) >= 11 is 0. The van der Waals surface area contributed by atoms with Gasteiger partial charge in [0.25, 0.3) is 0 Å². The molecule has 19 heavy (non-hydrogen) atoms. The summed E-state index contributed by atoms with van der Waals surface area (Å²) in [5, 5.41) is 0. The lowest BCUT2D eigenvalue weighted by atomic mass is 10.1. The summed E-state index contributed by atoms with van der Waals surface area (Å²) in [6.45, 7) is 0. The van der Waals surface area contributed by atoms with Crippen molar-refractivity contribution in [3.63, 3.8) is 0 Å². The number of methoxy groups -OCH3 is 1. The number of hydrogen-bond acceptors (Lipinski definition) is 3. The van der Waals surface area contributed by atoms with Crippen LogP contribution in [0.3, 0.4) is 0 Å². The molecule has 0 amide bonds. The number of hydrogen-bond donors (Lipinski definition) is 0. The molecule has 0 atom stereocenters. The van der Waals surface area contributed by atoms with Crippen LogP contribution in [0.25, 0.3) is 11.3 Å². The molecule has 3 nitrogen and oxygen atoms in total. The van der Waals surface area contributed by atoms with Crippen LogP contribution in [-0.4, -0.2) is 18.5 Å². The molecule has 2 aromatic rings. The third kappa shape index (κ3) is 3.61. The lowest BCUT2D eigenvalue weighted by molar-refractivity contribution is -0.274. The summed E-state index contributed by atoms with van der Waals surface area (Å²) < 4.78 is 45.2. The van der Waals surface area contributed by atoms with E-state index >= 15 is 0 Å². The average Bonchev–Trinajstić information content (AvgIpc) is 2.37. The Balaban J connectivity index is 2.32. The summed E-state index contributed by atoms with van der Waals surface area (Å²) in [4.78, 5) is 4.14. The van der Waals surface area contributed by atoms with E-state index in [0.29, 0.717) is 17.1 Å². The van der Waals surface area contributed by atoms with E-state index in [1.165, 1.54) is 25.3 Å². The van der Waals surface area contributed by atoms with Crippen LogP contribution in [0.15, 0.2) is 42.5 Å². The summed E-state index contributed by atoms with van der Waals surface area (Å²) in [6, 6.07) is 10.7. The van der Waals surface area contributed by atoms with Gasteiger partial charge in [-0.3, -0.25) is 0 Å². The van der Waals surface area contributed by atoms with E-state index in [9.17, 15) is 13.2 Å². The Kier molecular flexibility index (Phi) is 3.59. The normalized spacial score (nSPS) is 11.2. The molecule has 2 rings (SSSR count). The van der Waals surface area contributed by atoms with Crippen molar-refractivity contribution in [1.29, 1.82) is 0 Å². The van der Waals surface area contributed by atoms with Crippen LogP contribution < -0.4 is 9.47 Å². The minimum Gasteiger partial charge on any atom is -0.481 e. The fourth-order valence-corrected chi connectivity index (χ4v) is 1.54. The third-order valence-corrected chi connectivity index (χ3v) is 2.30. The van der Waals surface area contributed by atoms with Gasteiger partial charge < -0.3 is 9.47 Å². The molecule has 0 saturated heterocycles. The van der Waals surface area contributed by atoms with Crippen molar-refractivity contribution in [2.75, 3.05) is 7.11 Å². The first kappa shape index (κ1) is 13.2. The Hall–Kier alpha value is -2.24. The van der Waals surface area contributed by atoms with Gasteiger partial charge in [-0.25, -0.2) is 4.98 Å². The molecule has 0 aliphatic carbocycles. The Labute approximate surface area is 107 Å². The Morgan fingerprint density at radius 1 is 1.05 bits per heavy atom. The zero-order valence-electron chi connectivity index (χ0n) is 9.94. The van der Waals surface area contributed by atoms with Crippen LogP contribution in [0.4, 0.5) is 13.2 Å². The second-order valence-electron chi connectivity index (χ2n) is 3.64. The number of ether oxygens (including phenoxy) is 2. The third-order valence-electron chi connectivity index (χ3n) is 2.30. The number of rotatable bonds is 3. The molecule has 0 spiro atoms. The van der Waals surface area contributed by atoms with Crippen LogP contribution in [-0.2, 0) is 0 Å². The Morgan fingerprint density at radius 2 is 1.79 bits per heavy atom. The summed E-state index contributed by atoms with van der Waals surface area (Å²) in [6.07, 6.45) is -4.71. The van der Waals surface area contributed by atoms with Gasteiger partial charge in [-0.15, -0.1) is 13.2 Å². The van der Waals surface area contributed by atoms with Crippen molar-refractivity contribution in [2.24, 2.45) is 0 Å². The summed E-state index contributed by atoms with van der Waals surface area (Å²) in [7, 11) is 1.47. The lowest BCUT2D eigenvalue weighted by Gasteiger charge is -2.10. The molecular formula is C13H10F3NO2. The molecular weight excluding hydrogens is 259 g/mol. The topological polar surface area (TPSA) is 31.4 Å². The van der Waals surface area contributed by atoms with E-state index in [-0.39, 0.29) is 5.75 Å². The SMILES string of the molecule is COc1cccc(-c2cccc(OC(F)(F)F)c2)n1. The number of pyridine rings is 1. The second-order valence-corrected chi connectivity index (χ2v) is 3.64. The Morgan fingerprint density at radius 3 is 2.47 bits per heavy atom. The van der Waals surface area contributed by atoms with Crippen LogP contribution >= 0.6 is 0 Å². The van der Waals surface area contributed by atoms with Crippen molar-refractivity contribution in [3.8, 4) is 22.9 Å². The van der Waals surface area contributed by atoms with Gasteiger partial charge in [-0.1, -0.05) is 18.2 Å². The largest absolute Gasteiger partial charge is 0.573 e. The van der Waals surface area contributed by atoms with Crippen molar-refractivity contribution in [1.82, 2.24) is 4.98 Å². The molecule has 6 heteroatoms. The maximum atomic E-state index is 12.1. The first-order valence-electron chi connectivity index (χ1n) is 5.35. The van der Waals surface area contributed by atoms with Gasteiger partial charge in [0, 0.05) is 11.6 Å². The molecule has 0 aliphatic heterocycles. The van der Waals surface area contributed by atoms with E-state index in [2.05, 4.69) is 9.72 Å². The van der Waals surface area contributed by atoms with Crippen LogP contribution in [0, 0.1) is 0 Å². The van der Waals surface area contributed by atoms with Gasteiger partial charge in [0.15, 0.2) is 0 Å². The quantitative estimate of drug-likeness (QED) is 0.852. The smallest absolute Gasteiger partial charge is 0.481 e. The monoisotopic (exact) mass is 269 g/mol. The highest BCUT2D eigenvalue weighted by molar-refractivity contribution is 5.61. The maximum absolute atomic E-state index is 12.1. The molecule has 0 saturated carbocycles. The minimum absolute atomic E-state index is 0.283. The van der Waals surface area contributed by atoms with Crippen molar-refractivity contribution >= 4 is 0 Å². The zero-order valence-corrected chi connectivity index (χ0v) is 9.94. The van der Waals surface area contributed by atoms with Crippen molar-refractivity contribution < 1.29 is 22.6 Å². The van der Waals surface area contributed by atoms with Crippen LogP contribution in [0.2, 0.25) is 0 Å². The molecule has 0 fully saturated rings. The Bertz CT molecular complexity index is 570. The molecule has 0 aliphatic rings. The van der Waals surface area contributed by atoms with Crippen molar-refractivity contribution in [2.45, 2.75) is 6.36 Å². The van der Waals surface area contributed by atoms with E-state index in [0.717, 1.165) is 0 Å².